The van der Waals surface area contributed by atoms with Gasteiger partial charge in [0.05, 0.1) is 0 Å². The Bertz CT molecular complexity index is 302. The molecule has 0 saturated heterocycles. The molecule has 0 aliphatic rings. The van der Waals surface area contributed by atoms with Crippen molar-refractivity contribution in [3.63, 3.8) is 0 Å². The molecular weight excluding hydrogens is 375 g/mol. The molecule has 0 aromatic rings. The predicted molar refractivity (Wildman–Crippen MR) is 139 cm³/mol. The van der Waals surface area contributed by atoms with Crippen LogP contribution < -0.4 is 0 Å². The molecule has 0 spiro atoms. The van der Waals surface area contributed by atoms with Crippen molar-refractivity contribution in [2.75, 3.05) is 20.6 Å². The van der Waals surface area contributed by atoms with Crippen molar-refractivity contribution in [2.45, 2.75) is 120 Å². The first kappa shape index (κ1) is 27.6. The number of rotatable bonds is 20. The molecule has 1 nitrogen and oxygen atoms in total. The standard InChI is InChI=1S/C23H55NSi3/c1-4-5-6-7-8-9-10-11-12-13-14-15-16-17-22(19-21-24(2)3)18-20-23(25,26)27/h22H,4-21H2,1-3,25-27H3. The van der Waals surface area contributed by atoms with Gasteiger partial charge in [-0.1, -0.05) is 114 Å². The average molecular weight is 430 g/mol. The van der Waals surface area contributed by atoms with Crippen LogP contribution >= 0.6 is 0 Å². The third-order valence-corrected chi connectivity index (χ3v) is 7.50. The van der Waals surface area contributed by atoms with Gasteiger partial charge in [0.1, 0.15) is 0 Å². The zero-order valence-corrected chi connectivity index (χ0v) is 26.3. The third-order valence-electron chi connectivity index (χ3n) is 6.00. The highest BCUT2D eigenvalue weighted by molar-refractivity contribution is 6.58. The zero-order chi connectivity index (χ0) is 20.4. The molecule has 0 saturated carbocycles. The van der Waals surface area contributed by atoms with Crippen LogP contribution in [-0.4, -0.2) is 56.3 Å². The lowest BCUT2D eigenvalue weighted by molar-refractivity contribution is 0.317. The smallest absolute Gasteiger partial charge is 0.00213 e. The summed E-state index contributed by atoms with van der Waals surface area (Å²) in [6, 6.07) is 0. The quantitative estimate of drug-likeness (QED) is 0.209. The van der Waals surface area contributed by atoms with E-state index in [9.17, 15) is 0 Å². The fraction of sp³-hybridized carbons (Fsp3) is 1.00. The van der Waals surface area contributed by atoms with Crippen LogP contribution in [0.25, 0.3) is 0 Å². The Morgan fingerprint density at radius 1 is 0.630 bits per heavy atom. The van der Waals surface area contributed by atoms with Crippen LogP contribution in [0.15, 0.2) is 0 Å². The van der Waals surface area contributed by atoms with Crippen LogP contribution in [0.5, 0.6) is 0 Å². The monoisotopic (exact) mass is 429 g/mol. The molecule has 0 radical (unpaired) electrons. The molecule has 27 heavy (non-hydrogen) atoms. The van der Waals surface area contributed by atoms with E-state index in [-0.39, 0.29) is 0 Å². The maximum Gasteiger partial charge on any atom is 0.00213 e. The second kappa shape index (κ2) is 18.6. The summed E-state index contributed by atoms with van der Waals surface area (Å²) in [5, 5.41) is 0. The maximum absolute atomic E-state index is 2.38. The van der Waals surface area contributed by atoms with Gasteiger partial charge in [0.15, 0.2) is 0 Å². The number of nitrogens with zero attached hydrogens (tertiary/aromatic N) is 1. The summed E-state index contributed by atoms with van der Waals surface area (Å²) < 4.78 is 0.909. The molecule has 164 valence electrons. The number of hydrogen-bond donors (Lipinski definition) is 0. The largest absolute Gasteiger partial charge is 0.309 e. The summed E-state index contributed by atoms with van der Waals surface area (Å²) >= 11 is 0. The second-order valence-electron chi connectivity index (χ2n) is 10.6. The highest BCUT2D eigenvalue weighted by Gasteiger charge is 2.15. The van der Waals surface area contributed by atoms with Crippen LogP contribution in [0.2, 0.25) is 4.28 Å². The van der Waals surface area contributed by atoms with Crippen molar-refractivity contribution >= 4 is 30.7 Å². The van der Waals surface area contributed by atoms with E-state index < -0.39 is 0 Å². The Morgan fingerprint density at radius 3 is 1.48 bits per heavy atom. The molecule has 4 heteroatoms. The minimum absolute atomic E-state index is 0.909. The summed E-state index contributed by atoms with van der Waals surface area (Å²) in [6.45, 7) is 3.60. The summed E-state index contributed by atoms with van der Waals surface area (Å²) in [5.74, 6) is 1.01. The van der Waals surface area contributed by atoms with Crippen LogP contribution in [0.4, 0.5) is 0 Å². The summed E-state index contributed by atoms with van der Waals surface area (Å²) in [6.07, 6.45) is 25.2. The molecule has 0 bridgehead atoms. The van der Waals surface area contributed by atoms with Gasteiger partial charge in [-0.05, 0) is 33.0 Å². The molecule has 0 fully saturated rings. The first-order valence-electron chi connectivity index (χ1n) is 12.5. The normalized spacial score (nSPS) is 15.6. The first-order valence-corrected chi connectivity index (χ1v) is 15.5. The van der Waals surface area contributed by atoms with Crippen molar-refractivity contribution in [2.24, 2.45) is 5.92 Å². The number of unbranched alkanes of at least 4 members (excludes halogenated alkanes) is 12. The molecule has 0 aliphatic carbocycles. The van der Waals surface area contributed by atoms with Crippen molar-refractivity contribution in [1.82, 2.24) is 4.90 Å². The predicted octanol–water partition coefficient (Wildman–Crippen LogP) is 3.99. The van der Waals surface area contributed by atoms with Crippen LogP contribution in [0.1, 0.15) is 116 Å². The molecule has 0 heterocycles. The van der Waals surface area contributed by atoms with Gasteiger partial charge in [-0.3, -0.25) is 0 Å². The fourth-order valence-corrected chi connectivity index (χ4v) is 4.83. The van der Waals surface area contributed by atoms with Gasteiger partial charge in [-0.2, -0.15) is 0 Å². The highest BCUT2D eigenvalue weighted by atomic mass is 28.3. The summed E-state index contributed by atoms with van der Waals surface area (Å²) in [4.78, 5) is 2.38. The average Bonchev–Trinajstić information content (AvgIpc) is 2.59. The molecule has 0 aromatic carbocycles. The van der Waals surface area contributed by atoms with Crippen molar-refractivity contribution in [1.29, 1.82) is 0 Å². The molecule has 0 aromatic heterocycles. The summed E-state index contributed by atoms with van der Waals surface area (Å²) in [7, 11) is 8.83. The van der Waals surface area contributed by atoms with Gasteiger partial charge in [-0.25, -0.2) is 0 Å². The summed E-state index contributed by atoms with van der Waals surface area (Å²) in [5.41, 5.74) is 0. The lowest BCUT2D eigenvalue weighted by Crippen LogP contribution is -2.19. The third kappa shape index (κ3) is 22.8. The molecule has 1 unspecified atom stereocenters. The van der Waals surface area contributed by atoms with Crippen molar-refractivity contribution in [3.05, 3.63) is 0 Å². The number of hydrogen-bond acceptors (Lipinski definition) is 1. The van der Waals surface area contributed by atoms with E-state index in [1.54, 1.807) is 6.42 Å². The van der Waals surface area contributed by atoms with E-state index in [1.165, 1.54) is 140 Å². The molecular formula is C23H55NSi3. The lowest BCUT2D eigenvalue weighted by Gasteiger charge is -2.24. The topological polar surface area (TPSA) is 3.24 Å². The molecule has 0 amide bonds. The van der Waals surface area contributed by atoms with Crippen LogP contribution in [0.3, 0.4) is 0 Å². The van der Waals surface area contributed by atoms with E-state index in [4.69, 9.17) is 0 Å². The molecule has 0 rings (SSSR count). The van der Waals surface area contributed by atoms with Crippen molar-refractivity contribution < 1.29 is 0 Å². The van der Waals surface area contributed by atoms with Gasteiger partial charge < -0.3 is 4.90 Å². The van der Waals surface area contributed by atoms with Crippen molar-refractivity contribution in [3.8, 4) is 0 Å². The Kier molecular flexibility index (Phi) is 19.0. The molecule has 1 atom stereocenters. The highest BCUT2D eigenvalue weighted by Crippen LogP contribution is 2.27. The van der Waals surface area contributed by atoms with E-state index in [0.29, 0.717) is 0 Å². The van der Waals surface area contributed by atoms with Crippen LogP contribution in [-0.2, 0) is 0 Å². The van der Waals surface area contributed by atoms with Gasteiger partial charge in [0.25, 0.3) is 0 Å². The van der Waals surface area contributed by atoms with E-state index in [2.05, 4.69) is 25.9 Å². The van der Waals surface area contributed by atoms with E-state index >= 15 is 0 Å². The van der Waals surface area contributed by atoms with Gasteiger partial charge >= 0.3 is 0 Å². The minimum atomic E-state index is 0.909. The molecule has 0 aliphatic heterocycles. The fourth-order valence-electron chi connectivity index (χ4n) is 3.96. The van der Waals surface area contributed by atoms with Gasteiger partial charge in [0, 0.05) is 30.7 Å². The first-order chi connectivity index (χ1) is 12.8. The molecule has 0 N–H and O–H groups in total. The SMILES string of the molecule is CCCCCCCCCCCCCCCC(CCN(C)C)CCC([SiH3])([SiH3])[SiH3]. The maximum atomic E-state index is 2.38. The van der Waals surface area contributed by atoms with E-state index in [0.717, 1.165) is 10.2 Å². The lowest BCUT2D eigenvalue weighted by atomic mass is 9.92. The minimum Gasteiger partial charge on any atom is -0.309 e. The Labute approximate surface area is 182 Å². The Balaban J connectivity index is 3.58. The Hall–Kier alpha value is 0.611. The Morgan fingerprint density at radius 2 is 1.07 bits per heavy atom. The second-order valence-corrected chi connectivity index (χ2v) is 24.7. The zero-order valence-electron chi connectivity index (χ0n) is 20.3. The van der Waals surface area contributed by atoms with Gasteiger partial charge in [-0.15, -0.1) is 0 Å². The van der Waals surface area contributed by atoms with E-state index in [1.807, 2.05) is 0 Å². The van der Waals surface area contributed by atoms with Gasteiger partial charge in [0.2, 0.25) is 0 Å². The van der Waals surface area contributed by atoms with Crippen LogP contribution in [0, 0.1) is 5.92 Å².